The van der Waals surface area contributed by atoms with Gasteiger partial charge < -0.3 is 15.2 Å². The Morgan fingerprint density at radius 1 is 1.26 bits per heavy atom. The van der Waals surface area contributed by atoms with Crippen LogP contribution in [0.3, 0.4) is 0 Å². The molecule has 1 aromatic carbocycles. The first-order valence-electron chi connectivity index (χ1n) is 6.88. The molecule has 0 aliphatic carbocycles. The Morgan fingerprint density at radius 3 is 2.47 bits per heavy atom. The third-order valence-electron chi connectivity index (χ3n) is 3.19. The highest BCUT2D eigenvalue weighted by Gasteiger charge is 2.31. The van der Waals surface area contributed by atoms with Crippen molar-refractivity contribution in [2.75, 3.05) is 7.11 Å². The Kier molecular flexibility index (Phi) is 5.83. The summed E-state index contributed by atoms with van der Waals surface area (Å²) in [5, 5.41) is 0. The van der Waals surface area contributed by atoms with Crippen molar-refractivity contribution < 1.29 is 9.47 Å². The van der Waals surface area contributed by atoms with E-state index in [1.165, 1.54) is 0 Å². The van der Waals surface area contributed by atoms with Gasteiger partial charge in [0, 0.05) is 18.6 Å². The highest BCUT2D eigenvalue weighted by molar-refractivity contribution is 5.28. The molecule has 1 rings (SSSR count). The number of rotatable bonds is 6. The lowest BCUT2D eigenvalue weighted by molar-refractivity contribution is 0.0619. The third kappa shape index (κ3) is 4.84. The van der Waals surface area contributed by atoms with Gasteiger partial charge >= 0.3 is 0 Å². The minimum absolute atomic E-state index is 0.00436. The van der Waals surface area contributed by atoms with Crippen LogP contribution in [-0.2, 0) is 11.3 Å². The van der Waals surface area contributed by atoms with Crippen molar-refractivity contribution in [3.05, 3.63) is 29.8 Å². The average molecular weight is 265 g/mol. The van der Waals surface area contributed by atoms with Gasteiger partial charge in [0.15, 0.2) is 0 Å². The Balaban J connectivity index is 2.87. The first kappa shape index (κ1) is 16.0. The molecule has 0 radical (unpaired) electrons. The molecule has 0 amide bonds. The molecule has 3 heteroatoms. The SMILES string of the molecule is CCC(N)C(Oc1cccc(COC)c1)C(C)(C)C. The van der Waals surface area contributed by atoms with Gasteiger partial charge in [-0.15, -0.1) is 0 Å². The topological polar surface area (TPSA) is 44.5 Å². The summed E-state index contributed by atoms with van der Waals surface area (Å²) in [7, 11) is 1.69. The molecule has 108 valence electrons. The second-order valence-electron chi connectivity index (χ2n) is 6.06. The summed E-state index contributed by atoms with van der Waals surface area (Å²) >= 11 is 0. The van der Waals surface area contributed by atoms with Gasteiger partial charge in [0.25, 0.3) is 0 Å². The van der Waals surface area contributed by atoms with Gasteiger partial charge in [0.05, 0.1) is 6.61 Å². The van der Waals surface area contributed by atoms with E-state index in [1.54, 1.807) is 7.11 Å². The van der Waals surface area contributed by atoms with E-state index in [0.29, 0.717) is 6.61 Å². The molecular weight excluding hydrogens is 238 g/mol. The molecule has 2 atom stereocenters. The van der Waals surface area contributed by atoms with Crippen molar-refractivity contribution in [2.45, 2.75) is 52.9 Å². The van der Waals surface area contributed by atoms with Crippen molar-refractivity contribution in [1.29, 1.82) is 0 Å². The molecule has 3 nitrogen and oxygen atoms in total. The molecule has 0 bridgehead atoms. The van der Waals surface area contributed by atoms with Crippen LogP contribution < -0.4 is 10.5 Å². The monoisotopic (exact) mass is 265 g/mol. The zero-order valence-corrected chi connectivity index (χ0v) is 12.8. The second-order valence-corrected chi connectivity index (χ2v) is 6.06. The fourth-order valence-corrected chi connectivity index (χ4v) is 2.14. The molecule has 1 aromatic rings. The van der Waals surface area contributed by atoms with E-state index in [1.807, 2.05) is 24.3 Å². The molecule has 0 aliphatic heterocycles. The molecule has 0 saturated carbocycles. The predicted octanol–water partition coefficient (Wildman–Crippen LogP) is 3.36. The van der Waals surface area contributed by atoms with Crippen LogP contribution in [0.2, 0.25) is 0 Å². The molecular formula is C16H27NO2. The largest absolute Gasteiger partial charge is 0.488 e. The first-order valence-corrected chi connectivity index (χ1v) is 6.88. The highest BCUT2D eigenvalue weighted by atomic mass is 16.5. The quantitative estimate of drug-likeness (QED) is 0.857. The molecule has 0 heterocycles. The van der Waals surface area contributed by atoms with Crippen LogP contribution in [0.1, 0.15) is 39.7 Å². The van der Waals surface area contributed by atoms with Crippen LogP contribution in [0, 0.1) is 5.41 Å². The maximum Gasteiger partial charge on any atom is 0.120 e. The standard InChI is InChI=1S/C16H27NO2/c1-6-14(17)15(16(2,3)4)19-13-9-7-8-12(10-13)11-18-5/h7-10,14-15H,6,11,17H2,1-5H3. The van der Waals surface area contributed by atoms with E-state index in [-0.39, 0.29) is 17.6 Å². The number of hydrogen-bond donors (Lipinski definition) is 1. The molecule has 0 aromatic heterocycles. The summed E-state index contributed by atoms with van der Waals surface area (Å²) in [6.07, 6.45) is 0.898. The number of methoxy groups -OCH3 is 1. The highest BCUT2D eigenvalue weighted by Crippen LogP contribution is 2.28. The summed E-state index contributed by atoms with van der Waals surface area (Å²) in [6.45, 7) is 9.16. The van der Waals surface area contributed by atoms with E-state index in [9.17, 15) is 0 Å². The minimum Gasteiger partial charge on any atom is -0.488 e. The van der Waals surface area contributed by atoms with Crippen molar-refractivity contribution in [3.63, 3.8) is 0 Å². The summed E-state index contributed by atoms with van der Waals surface area (Å²) in [5.74, 6) is 0.860. The van der Waals surface area contributed by atoms with Gasteiger partial charge in [-0.1, -0.05) is 39.8 Å². The van der Waals surface area contributed by atoms with E-state index < -0.39 is 0 Å². The minimum atomic E-state index is -0.00436. The summed E-state index contributed by atoms with van der Waals surface area (Å²) in [4.78, 5) is 0. The van der Waals surface area contributed by atoms with Crippen LogP contribution in [0.4, 0.5) is 0 Å². The molecule has 2 unspecified atom stereocenters. The number of ether oxygens (including phenoxy) is 2. The van der Waals surface area contributed by atoms with Crippen molar-refractivity contribution >= 4 is 0 Å². The van der Waals surface area contributed by atoms with Crippen LogP contribution >= 0.6 is 0 Å². The summed E-state index contributed by atoms with van der Waals surface area (Å²) in [5.41, 5.74) is 7.31. The van der Waals surface area contributed by atoms with E-state index in [4.69, 9.17) is 15.2 Å². The lowest BCUT2D eigenvalue weighted by Crippen LogP contribution is -2.47. The van der Waals surface area contributed by atoms with Gasteiger partial charge in [0.1, 0.15) is 11.9 Å². The van der Waals surface area contributed by atoms with Gasteiger partial charge in [0.2, 0.25) is 0 Å². The van der Waals surface area contributed by atoms with Crippen molar-refractivity contribution in [3.8, 4) is 5.75 Å². The number of nitrogens with two attached hydrogens (primary N) is 1. The zero-order chi connectivity index (χ0) is 14.5. The van der Waals surface area contributed by atoms with Gasteiger partial charge in [-0.25, -0.2) is 0 Å². The lowest BCUT2D eigenvalue weighted by atomic mass is 9.84. The van der Waals surface area contributed by atoms with Crippen LogP contribution in [0.25, 0.3) is 0 Å². The molecule has 0 saturated heterocycles. The summed E-state index contributed by atoms with van der Waals surface area (Å²) < 4.78 is 11.3. The number of hydrogen-bond acceptors (Lipinski definition) is 3. The normalized spacial score (nSPS) is 15.1. The Labute approximate surface area is 117 Å². The molecule has 19 heavy (non-hydrogen) atoms. The second kappa shape index (κ2) is 6.92. The fourth-order valence-electron chi connectivity index (χ4n) is 2.14. The summed E-state index contributed by atoms with van der Waals surface area (Å²) in [6, 6.07) is 8.04. The van der Waals surface area contributed by atoms with Gasteiger partial charge in [-0.05, 0) is 24.1 Å². The molecule has 0 spiro atoms. The van der Waals surface area contributed by atoms with Crippen LogP contribution in [0.15, 0.2) is 24.3 Å². The van der Waals surface area contributed by atoms with E-state index in [0.717, 1.165) is 17.7 Å². The molecule has 2 N–H and O–H groups in total. The van der Waals surface area contributed by atoms with Crippen LogP contribution in [-0.4, -0.2) is 19.3 Å². The van der Waals surface area contributed by atoms with Crippen molar-refractivity contribution in [2.24, 2.45) is 11.1 Å². The predicted molar refractivity (Wildman–Crippen MR) is 79.3 cm³/mol. The third-order valence-corrected chi connectivity index (χ3v) is 3.19. The Hall–Kier alpha value is -1.06. The maximum atomic E-state index is 6.20. The molecule has 0 fully saturated rings. The number of benzene rings is 1. The Morgan fingerprint density at radius 2 is 1.95 bits per heavy atom. The lowest BCUT2D eigenvalue weighted by Gasteiger charge is -2.35. The maximum absolute atomic E-state index is 6.20. The first-order chi connectivity index (χ1) is 8.88. The van der Waals surface area contributed by atoms with Gasteiger partial charge in [-0.3, -0.25) is 0 Å². The smallest absolute Gasteiger partial charge is 0.120 e. The zero-order valence-electron chi connectivity index (χ0n) is 12.8. The fraction of sp³-hybridized carbons (Fsp3) is 0.625. The van der Waals surface area contributed by atoms with E-state index >= 15 is 0 Å². The van der Waals surface area contributed by atoms with Crippen LogP contribution in [0.5, 0.6) is 5.75 Å². The average Bonchev–Trinajstić information content (AvgIpc) is 2.34. The van der Waals surface area contributed by atoms with Gasteiger partial charge in [-0.2, -0.15) is 0 Å². The molecule has 0 aliphatic rings. The Bertz CT molecular complexity index is 385. The van der Waals surface area contributed by atoms with Crippen molar-refractivity contribution in [1.82, 2.24) is 0 Å². The van der Waals surface area contributed by atoms with E-state index in [2.05, 4.69) is 27.7 Å².